The van der Waals surface area contributed by atoms with Crippen LogP contribution >= 0.6 is 0 Å². The van der Waals surface area contributed by atoms with E-state index < -0.39 is 11.9 Å². The number of esters is 1. The molecule has 62 valence electrons. The van der Waals surface area contributed by atoms with Crippen LogP contribution in [0.5, 0.6) is 0 Å². The molecule has 1 saturated heterocycles. The summed E-state index contributed by atoms with van der Waals surface area (Å²) in [7, 11) is 2.97. The highest BCUT2D eigenvalue weighted by Gasteiger charge is 2.34. The highest BCUT2D eigenvalue weighted by atomic mass is 16.5. The van der Waals surface area contributed by atoms with E-state index in [2.05, 4.69) is 10.2 Å². The Morgan fingerprint density at radius 1 is 1.82 bits per heavy atom. The van der Waals surface area contributed by atoms with Gasteiger partial charge in [-0.15, -0.1) is 0 Å². The summed E-state index contributed by atoms with van der Waals surface area (Å²) in [5, 5.41) is 1.56. The maximum Gasteiger partial charge on any atom is 0.319 e. The van der Waals surface area contributed by atoms with Gasteiger partial charge in [0.1, 0.15) is 0 Å². The number of rotatable bonds is 1. The van der Waals surface area contributed by atoms with Crippen LogP contribution in [0.2, 0.25) is 0 Å². The molecule has 0 aromatic rings. The normalized spacial score (nSPS) is 24.9. The molecule has 1 N–H and O–H groups in total. The van der Waals surface area contributed by atoms with Gasteiger partial charge in [0.2, 0.25) is 5.91 Å². The van der Waals surface area contributed by atoms with E-state index in [1.165, 1.54) is 7.11 Å². The van der Waals surface area contributed by atoms with Gasteiger partial charge in [0.25, 0.3) is 0 Å². The van der Waals surface area contributed by atoms with E-state index >= 15 is 0 Å². The van der Waals surface area contributed by atoms with Crippen molar-refractivity contribution in [3.8, 4) is 0 Å². The Kier molecular flexibility index (Phi) is 2.09. The van der Waals surface area contributed by atoms with Crippen LogP contribution in [0.15, 0.2) is 0 Å². The van der Waals surface area contributed by atoms with Crippen molar-refractivity contribution in [3.05, 3.63) is 0 Å². The average molecular weight is 158 g/mol. The minimum absolute atomic E-state index is 0.292. The van der Waals surface area contributed by atoms with Crippen molar-refractivity contribution < 1.29 is 14.3 Å². The van der Waals surface area contributed by atoms with Gasteiger partial charge in [0.15, 0.2) is 5.92 Å². The van der Waals surface area contributed by atoms with Crippen LogP contribution in [0.1, 0.15) is 0 Å². The van der Waals surface area contributed by atoms with E-state index in [0.717, 1.165) is 0 Å². The first-order valence-corrected chi connectivity index (χ1v) is 3.24. The van der Waals surface area contributed by atoms with Gasteiger partial charge in [0.05, 0.1) is 7.11 Å². The molecule has 1 atom stereocenters. The molecule has 1 unspecified atom stereocenters. The highest BCUT2D eigenvalue weighted by molar-refractivity contribution is 5.99. The first-order valence-electron chi connectivity index (χ1n) is 3.24. The van der Waals surface area contributed by atoms with Gasteiger partial charge in [-0.25, -0.2) is 5.01 Å². The summed E-state index contributed by atoms with van der Waals surface area (Å²) in [6.45, 7) is 0.380. The molecule has 1 aliphatic rings. The summed E-state index contributed by atoms with van der Waals surface area (Å²) in [5.41, 5.74) is 2.48. The maximum atomic E-state index is 10.9. The smallest absolute Gasteiger partial charge is 0.319 e. The molecule has 0 aromatic carbocycles. The second-order valence-corrected chi connectivity index (χ2v) is 2.43. The molecule has 1 rings (SSSR count). The molecule has 1 heterocycles. The Morgan fingerprint density at radius 2 is 2.45 bits per heavy atom. The number of carbonyl (C=O) groups is 2. The Balaban J connectivity index is 2.60. The van der Waals surface area contributed by atoms with Crippen molar-refractivity contribution in [1.29, 1.82) is 0 Å². The maximum absolute atomic E-state index is 10.9. The number of hydrogen-bond acceptors (Lipinski definition) is 4. The summed E-state index contributed by atoms with van der Waals surface area (Å²) < 4.78 is 4.43. The fraction of sp³-hybridized carbons (Fsp3) is 0.667. The van der Waals surface area contributed by atoms with Gasteiger partial charge in [-0.3, -0.25) is 15.0 Å². The third-order valence-corrected chi connectivity index (χ3v) is 1.56. The van der Waals surface area contributed by atoms with Crippen LogP contribution in [-0.4, -0.2) is 37.6 Å². The number of carbonyl (C=O) groups excluding carboxylic acids is 2. The van der Waals surface area contributed by atoms with Gasteiger partial charge in [-0.2, -0.15) is 0 Å². The third-order valence-electron chi connectivity index (χ3n) is 1.56. The largest absolute Gasteiger partial charge is 0.468 e. The van der Waals surface area contributed by atoms with Gasteiger partial charge in [-0.05, 0) is 0 Å². The molecule has 1 fully saturated rings. The zero-order valence-electron chi connectivity index (χ0n) is 6.46. The summed E-state index contributed by atoms with van der Waals surface area (Å²) in [4.78, 5) is 21.8. The highest BCUT2D eigenvalue weighted by Crippen LogP contribution is 2.07. The van der Waals surface area contributed by atoms with Crippen LogP contribution in [-0.2, 0) is 14.3 Å². The van der Waals surface area contributed by atoms with Crippen LogP contribution in [0.3, 0.4) is 0 Å². The van der Waals surface area contributed by atoms with E-state index in [4.69, 9.17) is 0 Å². The molecule has 0 aromatic heterocycles. The van der Waals surface area contributed by atoms with E-state index in [-0.39, 0.29) is 5.91 Å². The molecule has 0 bridgehead atoms. The van der Waals surface area contributed by atoms with E-state index in [1.54, 1.807) is 12.1 Å². The molecule has 11 heavy (non-hydrogen) atoms. The molecule has 0 radical (unpaired) electrons. The second kappa shape index (κ2) is 2.87. The lowest BCUT2D eigenvalue weighted by atomic mass is 10.1. The molecule has 5 heteroatoms. The topological polar surface area (TPSA) is 58.6 Å². The molecule has 5 nitrogen and oxygen atoms in total. The number of hydrazine groups is 1. The monoisotopic (exact) mass is 158 g/mol. The van der Waals surface area contributed by atoms with Crippen molar-refractivity contribution in [2.75, 3.05) is 20.7 Å². The van der Waals surface area contributed by atoms with Crippen LogP contribution < -0.4 is 5.43 Å². The first-order chi connectivity index (χ1) is 5.15. The fourth-order valence-electron chi connectivity index (χ4n) is 0.992. The van der Waals surface area contributed by atoms with Crippen LogP contribution in [0.4, 0.5) is 0 Å². The molecular weight excluding hydrogens is 148 g/mol. The Bertz CT molecular complexity index is 184. The fourth-order valence-corrected chi connectivity index (χ4v) is 0.992. The lowest BCUT2D eigenvalue weighted by molar-refractivity contribution is -0.148. The third kappa shape index (κ3) is 1.48. The van der Waals surface area contributed by atoms with Gasteiger partial charge in [-0.1, -0.05) is 0 Å². The van der Waals surface area contributed by atoms with Gasteiger partial charge in [0, 0.05) is 13.6 Å². The molecule has 1 amide bonds. The van der Waals surface area contributed by atoms with Crippen molar-refractivity contribution in [2.45, 2.75) is 0 Å². The van der Waals surface area contributed by atoms with Crippen molar-refractivity contribution >= 4 is 11.9 Å². The van der Waals surface area contributed by atoms with Crippen molar-refractivity contribution in [3.63, 3.8) is 0 Å². The number of nitrogens with one attached hydrogen (secondary N) is 1. The number of hydrogen-bond donors (Lipinski definition) is 1. The molecule has 1 aliphatic heterocycles. The van der Waals surface area contributed by atoms with E-state index in [0.29, 0.717) is 6.54 Å². The number of ether oxygens (including phenoxy) is 1. The number of nitrogens with zero attached hydrogens (tertiary/aromatic N) is 1. The Labute approximate surface area is 64.3 Å². The lowest BCUT2D eigenvalue weighted by Gasteiger charge is -2.04. The van der Waals surface area contributed by atoms with Gasteiger partial charge >= 0.3 is 5.97 Å². The first kappa shape index (κ1) is 8.00. The number of methoxy groups -OCH3 is 1. The molecule has 0 saturated carbocycles. The predicted octanol–water partition coefficient (Wildman–Crippen LogP) is -1.25. The molecular formula is C6H10N2O3. The van der Waals surface area contributed by atoms with Crippen LogP contribution in [0.25, 0.3) is 0 Å². The minimum atomic E-state index is -0.662. The van der Waals surface area contributed by atoms with Gasteiger partial charge < -0.3 is 4.74 Å². The quantitative estimate of drug-likeness (QED) is 0.383. The summed E-state index contributed by atoms with van der Waals surface area (Å²) in [6, 6.07) is 0. The van der Waals surface area contributed by atoms with E-state index in [1.807, 2.05) is 0 Å². The van der Waals surface area contributed by atoms with Crippen molar-refractivity contribution in [2.24, 2.45) is 5.92 Å². The lowest BCUT2D eigenvalue weighted by Crippen LogP contribution is -2.29. The minimum Gasteiger partial charge on any atom is -0.468 e. The van der Waals surface area contributed by atoms with Crippen molar-refractivity contribution in [1.82, 2.24) is 10.4 Å². The Morgan fingerprint density at radius 3 is 2.82 bits per heavy atom. The molecule has 0 spiro atoms. The second-order valence-electron chi connectivity index (χ2n) is 2.43. The Hall–Kier alpha value is -1.10. The summed E-state index contributed by atoms with van der Waals surface area (Å²) in [5.74, 6) is -1.43. The summed E-state index contributed by atoms with van der Waals surface area (Å²) >= 11 is 0. The number of amides is 1. The SMILES string of the molecule is COC(=O)C1CN(C)NC1=O. The average Bonchev–Trinajstić information content (AvgIpc) is 2.28. The predicted molar refractivity (Wildman–Crippen MR) is 36.3 cm³/mol. The molecule has 0 aliphatic carbocycles. The summed E-state index contributed by atoms with van der Waals surface area (Å²) in [6.07, 6.45) is 0. The standard InChI is InChI=1S/C6H10N2O3/c1-8-3-4(5(9)7-8)6(10)11-2/h4H,3H2,1-2H3,(H,7,9). The zero-order valence-corrected chi connectivity index (χ0v) is 6.46. The zero-order chi connectivity index (χ0) is 8.43. The van der Waals surface area contributed by atoms with E-state index in [9.17, 15) is 9.59 Å². The van der Waals surface area contributed by atoms with Crippen LogP contribution in [0, 0.1) is 5.92 Å².